The third-order valence-corrected chi connectivity index (χ3v) is 9.38. The Bertz CT molecular complexity index is 1440. The summed E-state index contributed by atoms with van der Waals surface area (Å²) in [6.07, 6.45) is 9.11. The molecule has 2 N–H and O–H groups in total. The summed E-state index contributed by atoms with van der Waals surface area (Å²) in [6.45, 7) is 6.73. The fourth-order valence-electron chi connectivity index (χ4n) is 7.01. The number of carbonyl (C=O) groups excluding carboxylic acids is 1. The van der Waals surface area contributed by atoms with E-state index in [9.17, 15) is 4.79 Å². The van der Waals surface area contributed by atoms with Gasteiger partial charge >= 0.3 is 6.09 Å². The molecule has 2 aliphatic heterocycles. The number of pyridine rings is 2. The van der Waals surface area contributed by atoms with Crippen molar-refractivity contribution in [2.24, 2.45) is 11.8 Å². The van der Waals surface area contributed by atoms with Crippen LogP contribution in [0.5, 0.6) is 0 Å². The molecule has 212 valence electrons. The Labute approximate surface area is 238 Å². The lowest BCUT2D eigenvalue weighted by molar-refractivity contribution is 0.0247. The first-order chi connectivity index (χ1) is 19.4. The van der Waals surface area contributed by atoms with Gasteiger partial charge in [-0.2, -0.15) is 0 Å². The van der Waals surface area contributed by atoms with Crippen LogP contribution in [0.2, 0.25) is 5.02 Å². The van der Waals surface area contributed by atoms with E-state index >= 15 is 0 Å². The molecule has 0 spiro atoms. The van der Waals surface area contributed by atoms with Crippen molar-refractivity contribution >= 4 is 34.7 Å². The number of hydroxylamine groups is 1. The summed E-state index contributed by atoms with van der Waals surface area (Å²) < 4.78 is 8.59. The van der Waals surface area contributed by atoms with Gasteiger partial charge in [0.15, 0.2) is 6.17 Å². The quantitative estimate of drug-likeness (QED) is 0.430. The summed E-state index contributed by atoms with van der Waals surface area (Å²) in [5.74, 6) is 2.34. The summed E-state index contributed by atoms with van der Waals surface area (Å²) in [7, 11) is 0. The van der Waals surface area contributed by atoms with Gasteiger partial charge in [0.1, 0.15) is 0 Å². The molecule has 4 aliphatic rings. The number of aryl methyl sites for hydroxylation is 1. The number of ether oxygens (including phenoxy) is 1. The van der Waals surface area contributed by atoms with E-state index in [4.69, 9.17) is 31.1 Å². The highest BCUT2D eigenvalue weighted by molar-refractivity contribution is 6.30. The SMILES string of the molecule is Cc1ncc(Cl)cc1-c1nc(C2NOC(=O)N2)cc2nc(N3CCO[C@H]4CCC[C@@H]43)n(CC3CCC(C)CC3)c12. The Hall–Kier alpha value is -2.95. The number of amides is 1. The van der Waals surface area contributed by atoms with Crippen LogP contribution in [-0.2, 0) is 16.1 Å². The van der Waals surface area contributed by atoms with Gasteiger partial charge in [-0.3, -0.25) is 10.3 Å². The molecule has 3 aromatic rings. The van der Waals surface area contributed by atoms with Crippen LogP contribution >= 0.6 is 11.6 Å². The van der Waals surface area contributed by atoms with Gasteiger partial charge < -0.3 is 19.0 Å². The Morgan fingerprint density at radius 1 is 1.12 bits per heavy atom. The molecule has 5 heterocycles. The summed E-state index contributed by atoms with van der Waals surface area (Å²) in [6, 6.07) is 4.22. The number of hydrogen-bond acceptors (Lipinski definition) is 8. The number of rotatable bonds is 5. The molecule has 0 aromatic carbocycles. The number of nitrogens with zero attached hydrogens (tertiary/aromatic N) is 5. The summed E-state index contributed by atoms with van der Waals surface area (Å²) in [5.41, 5.74) is 7.64. The minimum absolute atomic E-state index is 0.250. The normalized spacial score (nSPS) is 28.5. The standard InChI is InChI=1S/C29H36ClN7O3/c1-16-6-8-18(9-7-16)15-37-26-21(33-28(37)36-10-11-39-24-5-3-4-23(24)36)13-22(27-34-29(38)40-35-27)32-25(26)20-12-19(30)14-31-17(20)2/h12-14,16,18,23-24,27,35H,3-11,15H2,1-2H3,(H,34,38)/t16?,18?,23-,24-,27?/m0/s1. The molecule has 0 radical (unpaired) electrons. The van der Waals surface area contributed by atoms with Crippen molar-refractivity contribution in [1.82, 2.24) is 30.3 Å². The molecule has 2 saturated heterocycles. The maximum atomic E-state index is 11.9. The van der Waals surface area contributed by atoms with Gasteiger partial charge in [-0.05, 0) is 63.0 Å². The van der Waals surface area contributed by atoms with Crippen molar-refractivity contribution in [1.29, 1.82) is 0 Å². The summed E-state index contributed by atoms with van der Waals surface area (Å²) >= 11 is 6.48. The first kappa shape index (κ1) is 26.0. The first-order valence-electron chi connectivity index (χ1n) is 14.6. The molecule has 7 rings (SSSR count). The number of halogens is 1. The molecule has 1 amide bonds. The predicted molar refractivity (Wildman–Crippen MR) is 152 cm³/mol. The highest BCUT2D eigenvalue weighted by Crippen LogP contribution is 2.40. The minimum atomic E-state index is -0.584. The van der Waals surface area contributed by atoms with Crippen LogP contribution in [0.1, 0.15) is 69.4 Å². The van der Waals surface area contributed by atoms with Crippen LogP contribution < -0.4 is 15.7 Å². The molecule has 3 aromatic heterocycles. The highest BCUT2D eigenvalue weighted by atomic mass is 35.5. The fraction of sp³-hybridized carbons (Fsp3) is 0.586. The highest BCUT2D eigenvalue weighted by Gasteiger charge is 2.39. The second kappa shape index (κ2) is 10.5. The van der Waals surface area contributed by atoms with E-state index in [1.165, 1.54) is 32.1 Å². The first-order valence-corrected chi connectivity index (χ1v) is 15.0. The van der Waals surface area contributed by atoms with Crippen LogP contribution in [0, 0.1) is 18.8 Å². The molecule has 4 fully saturated rings. The van der Waals surface area contributed by atoms with Gasteiger partial charge in [0.05, 0.1) is 46.2 Å². The lowest BCUT2D eigenvalue weighted by Gasteiger charge is -2.39. The zero-order chi connectivity index (χ0) is 27.4. The lowest BCUT2D eigenvalue weighted by Crippen LogP contribution is -2.49. The van der Waals surface area contributed by atoms with Crippen LogP contribution in [0.3, 0.4) is 0 Å². The van der Waals surface area contributed by atoms with Crippen LogP contribution in [0.25, 0.3) is 22.3 Å². The number of nitrogens with one attached hydrogen (secondary N) is 2. The minimum Gasteiger partial charge on any atom is -0.374 e. The van der Waals surface area contributed by atoms with Crippen molar-refractivity contribution in [3.63, 3.8) is 0 Å². The lowest BCUT2D eigenvalue weighted by atomic mass is 9.83. The topological polar surface area (TPSA) is 106 Å². The zero-order valence-electron chi connectivity index (χ0n) is 23.0. The molecular formula is C29H36ClN7O3. The van der Waals surface area contributed by atoms with Crippen molar-refractivity contribution < 1.29 is 14.4 Å². The molecule has 1 unspecified atom stereocenters. The van der Waals surface area contributed by atoms with E-state index in [0.717, 1.165) is 65.8 Å². The number of carbonyl (C=O) groups is 1. The van der Waals surface area contributed by atoms with E-state index in [1.807, 2.05) is 19.1 Å². The second-order valence-electron chi connectivity index (χ2n) is 11.9. The fourth-order valence-corrected chi connectivity index (χ4v) is 7.16. The number of morpholine rings is 1. The smallest absolute Gasteiger partial charge is 0.374 e. The average molecular weight is 566 g/mol. The second-order valence-corrected chi connectivity index (χ2v) is 12.3. The number of anilines is 1. The van der Waals surface area contributed by atoms with Crippen LogP contribution in [0.4, 0.5) is 10.7 Å². The molecule has 10 nitrogen and oxygen atoms in total. The third-order valence-electron chi connectivity index (χ3n) is 9.18. The molecule has 40 heavy (non-hydrogen) atoms. The Kier molecular flexibility index (Phi) is 6.80. The van der Waals surface area contributed by atoms with E-state index in [-0.39, 0.29) is 6.10 Å². The van der Waals surface area contributed by atoms with E-state index in [1.54, 1.807) is 6.20 Å². The molecule has 2 saturated carbocycles. The van der Waals surface area contributed by atoms with Crippen LogP contribution in [-0.4, -0.2) is 50.9 Å². The van der Waals surface area contributed by atoms with Crippen molar-refractivity contribution in [2.75, 3.05) is 18.1 Å². The largest absolute Gasteiger partial charge is 0.427 e. The number of fused-ring (bicyclic) bond motifs is 2. The van der Waals surface area contributed by atoms with Gasteiger partial charge in [0, 0.05) is 30.5 Å². The third kappa shape index (κ3) is 4.69. The summed E-state index contributed by atoms with van der Waals surface area (Å²) in [4.78, 5) is 34.3. The van der Waals surface area contributed by atoms with Gasteiger partial charge in [-0.15, -0.1) is 5.48 Å². The maximum absolute atomic E-state index is 11.9. The Balaban J connectivity index is 1.43. The number of hydrogen-bond donors (Lipinski definition) is 2. The monoisotopic (exact) mass is 565 g/mol. The summed E-state index contributed by atoms with van der Waals surface area (Å²) in [5, 5.41) is 3.33. The Morgan fingerprint density at radius 3 is 2.77 bits per heavy atom. The molecular weight excluding hydrogens is 530 g/mol. The van der Waals surface area contributed by atoms with Gasteiger partial charge in [-0.25, -0.2) is 14.8 Å². The van der Waals surface area contributed by atoms with Gasteiger partial charge in [0.2, 0.25) is 5.95 Å². The molecule has 0 bridgehead atoms. The van der Waals surface area contributed by atoms with E-state index in [2.05, 4.69) is 32.2 Å². The zero-order valence-corrected chi connectivity index (χ0v) is 23.8. The maximum Gasteiger partial charge on any atom is 0.427 e. The average Bonchev–Trinajstić information content (AvgIpc) is 3.69. The van der Waals surface area contributed by atoms with E-state index in [0.29, 0.717) is 29.3 Å². The van der Waals surface area contributed by atoms with Crippen molar-refractivity contribution in [3.05, 3.63) is 34.7 Å². The van der Waals surface area contributed by atoms with Crippen molar-refractivity contribution in [2.45, 2.75) is 83.6 Å². The molecule has 11 heteroatoms. The number of aromatic nitrogens is 4. The Morgan fingerprint density at radius 2 is 1.98 bits per heavy atom. The van der Waals surface area contributed by atoms with Crippen LogP contribution in [0.15, 0.2) is 18.3 Å². The van der Waals surface area contributed by atoms with E-state index < -0.39 is 12.3 Å². The molecule has 3 atom stereocenters. The van der Waals surface area contributed by atoms with Crippen molar-refractivity contribution in [3.8, 4) is 11.3 Å². The number of imidazole rings is 1. The predicted octanol–water partition coefficient (Wildman–Crippen LogP) is 5.28. The molecule has 2 aliphatic carbocycles. The van der Waals surface area contributed by atoms with Gasteiger partial charge in [-0.1, -0.05) is 31.4 Å². The van der Waals surface area contributed by atoms with Gasteiger partial charge in [0.25, 0.3) is 0 Å².